The Morgan fingerprint density at radius 2 is 1.74 bits per heavy atom. The van der Waals surface area contributed by atoms with E-state index in [9.17, 15) is 14.0 Å². The summed E-state index contributed by atoms with van der Waals surface area (Å²) in [5.41, 5.74) is 2.43. The SMILES string of the molecule is CCOC(=O)c1oc2ccccc2c1CSc1nc2ccccc2c(=O)n1Cc1ccc(F)cc1. The van der Waals surface area contributed by atoms with Crippen LogP contribution in [0.4, 0.5) is 4.39 Å². The van der Waals surface area contributed by atoms with Crippen molar-refractivity contribution in [2.24, 2.45) is 0 Å². The molecular weight excluding hydrogens is 467 g/mol. The number of carbonyl (C=O) groups excluding carboxylic acids is 1. The van der Waals surface area contributed by atoms with Crippen molar-refractivity contribution in [1.29, 1.82) is 0 Å². The number of hydrogen-bond donors (Lipinski definition) is 0. The van der Waals surface area contributed by atoms with Crippen molar-refractivity contribution in [2.45, 2.75) is 24.4 Å². The van der Waals surface area contributed by atoms with Gasteiger partial charge in [0, 0.05) is 16.7 Å². The molecule has 0 bridgehead atoms. The molecule has 0 radical (unpaired) electrons. The summed E-state index contributed by atoms with van der Waals surface area (Å²) >= 11 is 1.33. The van der Waals surface area contributed by atoms with E-state index >= 15 is 0 Å². The molecule has 8 heteroatoms. The molecule has 5 aromatic rings. The van der Waals surface area contributed by atoms with Crippen LogP contribution in [0.1, 0.15) is 28.6 Å². The van der Waals surface area contributed by atoms with E-state index in [4.69, 9.17) is 14.1 Å². The predicted octanol–water partition coefficient (Wildman–Crippen LogP) is 5.80. The molecule has 0 aliphatic rings. The second kappa shape index (κ2) is 9.76. The molecule has 5 rings (SSSR count). The number of fused-ring (bicyclic) bond motifs is 2. The van der Waals surface area contributed by atoms with E-state index in [0.717, 1.165) is 10.9 Å². The molecule has 3 aromatic carbocycles. The first-order valence-corrected chi connectivity index (χ1v) is 12.1. The molecule has 0 atom stereocenters. The lowest BCUT2D eigenvalue weighted by molar-refractivity contribution is 0.0491. The highest BCUT2D eigenvalue weighted by molar-refractivity contribution is 7.98. The number of hydrogen-bond acceptors (Lipinski definition) is 6. The van der Waals surface area contributed by atoms with Crippen molar-refractivity contribution in [2.75, 3.05) is 6.61 Å². The van der Waals surface area contributed by atoms with E-state index in [1.165, 1.54) is 23.9 Å². The van der Waals surface area contributed by atoms with Gasteiger partial charge in [-0.1, -0.05) is 54.2 Å². The van der Waals surface area contributed by atoms with Crippen LogP contribution in [0, 0.1) is 5.82 Å². The number of para-hydroxylation sites is 2. The summed E-state index contributed by atoms with van der Waals surface area (Å²) < 4.78 is 26.0. The largest absolute Gasteiger partial charge is 0.460 e. The van der Waals surface area contributed by atoms with Crippen LogP contribution in [-0.4, -0.2) is 22.1 Å². The Bertz CT molecular complexity index is 1590. The Morgan fingerprint density at radius 1 is 1.03 bits per heavy atom. The van der Waals surface area contributed by atoms with E-state index in [1.54, 1.807) is 47.9 Å². The summed E-state index contributed by atoms with van der Waals surface area (Å²) in [5, 5.41) is 1.79. The molecule has 0 spiro atoms. The van der Waals surface area contributed by atoms with Crippen LogP contribution in [0.5, 0.6) is 0 Å². The molecule has 0 aliphatic heterocycles. The normalized spacial score (nSPS) is 11.3. The summed E-state index contributed by atoms with van der Waals surface area (Å²) in [6, 6.07) is 20.6. The summed E-state index contributed by atoms with van der Waals surface area (Å²) in [7, 11) is 0. The van der Waals surface area contributed by atoms with Crippen LogP contribution in [0.2, 0.25) is 0 Å². The Hall–Kier alpha value is -3.91. The van der Waals surface area contributed by atoms with E-state index in [2.05, 4.69) is 0 Å². The number of benzene rings is 3. The zero-order valence-electron chi connectivity index (χ0n) is 18.9. The van der Waals surface area contributed by atoms with Gasteiger partial charge in [0.2, 0.25) is 5.76 Å². The number of thioether (sulfide) groups is 1. The number of nitrogens with zero attached hydrogens (tertiary/aromatic N) is 2. The van der Waals surface area contributed by atoms with Gasteiger partial charge in [-0.25, -0.2) is 14.2 Å². The lowest BCUT2D eigenvalue weighted by atomic mass is 10.1. The number of esters is 1. The van der Waals surface area contributed by atoms with Gasteiger partial charge in [0.05, 0.1) is 24.1 Å². The van der Waals surface area contributed by atoms with Crippen LogP contribution >= 0.6 is 11.8 Å². The first-order chi connectivity index (χ1) is 17.0. The van der Waals surface area contributed by atoms with Gasteiger partial charge in [0.15, 0.2) is 5.16 Å². The van der Waals surface area contributed by atoms with Crippen LogP contribution in [-0.2, 0) is 17.0 Å². The van der Waals surface area contributed by atoms with Crippen molar-refractivity contribution >= 4 is 39.6 Å². The maximum absolute atomic E-state index is 13.4. The number of ether oxygens (including phenoxy) is 1. The maximum Gasteiger partial charge on any atom is 0.374 e. The Balaban J connectivity index is 1.57. The van der Waals surface area contributed by atoms with Crippen LogP contribution in [0.15, 0.2) is 87.2 Å². The van der Waals surface area contributed by atoms with E-state index in [1.807, 2.05) is 24.3 Å². The zero-order valence-corrected chi connectivity index (χ0v) is 19.7. The van der Waals surface area contributed by atoms with Gasteiger partial charge >= 0.3 is 5.97 Å². The summed E-state index contributed by atoms with van der Waals surface area (Å²) in [6.07, 6.45) is 0. The summed E-state index contributed by atoms with van der Waals surface area (Å²) in [4.78, 5) is 30.7. The van der Waals surface area contributed by atoms with Gasteiger partial charge in [0.1, 0.15) is 11.4 Å². The van der Waals surface area contributed by atoms with Crippen molar-refractivity contribution in [3.05, 3.63) is 106 Å². The fourth-order valence-electron chi connectivity index (χ4n) is 3.91. The molecular formula is C27H21FN2O4S. The average Bonchev–Trinajstić information content (AvgIpc) is 3.25. The van der Waals surface area contributed by atoms with E-state index in [-0.39, 0.29) is 30.3 Å². The van der Waals surface area contributed by atoms with Crippen molar-refractivity contribution < 1.29 is 18.3 Å². The summed E-state index contributed by atoms with van der Waals surface area (Å²) in [5.74, 6) is -0.395. The molecule has 0 fully saturated rings. The van der Waals surface area contributed by atoms with Crippen LogP contribution in [0.25, 0.3) is 21.9 Å². The number of carbonyl (C=O) groups is 1. The smallest absolute Gasteiger partial charge is 0.374 e. The quantitative estimate of drug-likeness (QED) is 0.164. The first kappa shape index (κ1) is 22.9. The van der Waals surface area contributed by atoms with Gasteiger partial charge in [0.25, 0.3) is 5.56 Å². The number of rotatable bonds is 7. The van der Waals surface area contributed by atoms with Crippen molar-refractivity contribution in [3.8, 4) is 0 Å². The minimum absolute atomic E-state index is 0.147. The van der Waals surface area contributed by atoms with Gasteiger partial charge < -0.3 is 9.15 Å². The van der Waals surface area contributed by atoms with Gasteiger partial charge in [-0.3, -0.25) is 9.36 Å². The number of aromatic nitrogens is 2. The third-order valence-electron chi connectivity index (χ3n) is 5.59. The summed E-state index contributed by atoms with van der Waals surface area (Å²) in [6.45, 7) is 2.20. The lowest BCUT2D eigenvalue weighted by Crippen LogP contribution is -2.24. The molecule has 2 aromatic heterocycles. The maximum atomic E-state index is 13.4. The third kappa shape index (κ3) is 4.57. The number of halogens is 1. The zero-order chi connectivity index (χ0) is 24.4. The lowest BCUT2D eigenvalue weighted by Gasteiger charge is -2.13. The highest BCUT2D eigenvalue weighted by Gasteiger charge is 2.23. The third-order valence-corrected chi connectivity index (χ3v) is 6.59. The molecule has 176 valence electrons. The topological polar surface area (TPSA) is 74.3 Å². The van der Waals surface area contributed by atoms with Gasteiger partial charge in [-0.15, -0.1) is 0 Å². The standard InChI is InChI=1S/C27H21FN2O4S/c1-2-33-26(32)24-21(19-7-4-6-10-23(19)34-24)16-35-27-29-22-9-5-3-8-20(22)25(31)30(27)15-17-11-13-18(28)14-12-17/h3-14H,2,15-16H2,1H3. The molecule has 0 amide bonds. The molecule has 0 N–H and O–H groups in total. The molecule has 0 saturated heterocycles. The second-order valence-corrected chi connectivity index (χ2v) is 8.79. The van der Waals surface area contributed by atoms with E-state index in [0.29, 0.717) is 33.0 Å². The fraction of sp³-hybridized carbons (Fsp3) is 0.148. The minimum atomic E-state index is -0.533. The minimum Gasteiger partial charge on any atom is -0.460 e. The molecule has 2 heterocycles. The van der Waals surface area contributed by atoms with Crippen LogP contribution < -0.4 is 5.56 Å². The average molecular weight is 489 g/mol. The Morgan fingerprint density at radius 3 is 2.51 bits per heavy atom. The van der Waals surface area contributed by atoms with Crippen molar-refractivity contribution in [1.82, 2.24) is 9.55 Å². The first-order valence-electron chi connectivity index (χ1n) is 11.1. The van der Waals surface area contributed by atoms with Gasteiger partial charge in [-0.05, 0) is 42.8 Å². The van der Waals surface area contributed by atoms with E-state index < -0.39 is 5.97 Å². The highest BCUT2D eigenvalue weighted by Crippen LogP contribution is 2.32. The highest BCUT2D eigenvalue weighted by atomic mass is 32.2. The fourth-order valence-corrected chi connectivity index (χ4v) is 4.94. The monoisotopic (exact) mass is 488 g/mol. The van der Waals surface area contributed by atoms with Crippen molar-refractivity contribution in [3.63, 3.8) is 0 Å². The number of furan rings is 1. The predicted molar refractivity (Wildman–Crippen MR) is 133 cm³/mol. The Kier molecular flexibility index (Phi) is 6.37. The van der Waals surface area contributed by atoms with Gasteiger partial charge in [-0.2, -0.15) is 0 Å². The molecule has 0 saturated carbocycles. The Labute approximate surface area is 204 Å². The molecule has 0 aliphatic carbocycles. The molecule has 35 heavy (non-hydrogen) atoms. The molecule has 0 unspecified atom stereocenters. The molecule has 6 nitrogen and oxygen atoms in total. The second-order valence-electron chi connectivity index (χ2n) is 7.84. The van der Waals surface area contributed by atoms with Crippen LogP contribution in [0.3, 0.4) is 0 Å².